The SMILES string of the molecule is C.CCc1ccc(Br)c2ccccc12.Cc1ccc(Br)c2ccccc12. The van der Waals surface area contributed by atoms with Crippen LogP contribution < -0.4 is 0 Å². The maximum Gasteiger partial charge on any atom is 0.0253 e. The van der Waals surface area contributed by atoms with Crippen molar-refractivity contribution >= 4 is 53.4 Å². The summed E-state index contributed by atoms with van der Waals surface area (Å²) in [5.41, 5.74) is 2.74. The third kappa shape index (κ3) is 4.36. The lowest BCUT2D eigenvalue weighted by atomic mass is 10.0. The molecule has 0 spiro atoms. The molecule has 0 atom stereocenters. The number of fused-ring (bicyclic) bond motifs is 2. The van der Waals surface area contributed by atoms with Crippen molar-refractivity contribution in [3.8, 4) is 0 Å². The smallest absolute Gasteiger partial charge is 0.0253 e. The molecule has 0 amide bonds. The third-order valence-electron chi connectivity index (χ3n) is 4.43. The standard InChI is InChI=1S/C12H11Br.C11H9Br.CH4/c1-2-9-7-8-12(13)11-6-4-3-5-10(9)11;1-8-6-7-11(12)10-5-3-2-4-9(8)10;/h3-8H,2H2,1H3;2-7H,1H3;1H4. The van der Waals surface area contributed by atoms with Crippen LogP contribution in [0.2, 0.25) is 0 Å². The van der Waals surface area contributed by atoms with Gasteiger partial charge in [0.05, 0.1) is 0 Å². The summed E-state index contributed by atoms with van der Waals surface area (Å²) in [5.74, 6) is 0. The normalized spacial score (nSPS) is 10.2. The van der Waals surface area contributed by atoms with E-state index in [1.165, 1.54) is 41.6 Å². The highest BCUT2D eigenvalue weighted by atomic mass is 79.9. The van der Waals surface area contributed by atoms with Gasteiger partial charge in [-0.3, -0.25) is 0 Å². The van der Waals surface area contributed by atoms with Gasteiger partial charge in [0.1, 0.15) is 0 Å². The minimum atomic E-state index is 0. The van der Waals surface area contributed by atoms with E-state index in [9.17, 15) is 0 Å². The van der Waals surface area contributed by atoms with Crippen LogP contribution in [0.3, 0.4) is 0 Å². The zero-order chi connectivity index (χ0) is 17.8. The molecule has 0 fully saturated rings. The van der Waals surface area contributed by atoms with Crippen molar-refractivity contribution in [2.45, 2.75) is 27.7 Å². The van der Waals surface area contributed by atoms with Gasteiger partial charge in [0.2, 0.25) is 0 Å². The van der Waals surface area contributed by atoms with Crippen LogP contribution in [-0.4, -0.2) is 0 Å². The molecule has 0 saturated carbocycles. The molecule has 26 heavy (non-hydrogen) atoms. The Hall–Kier alpha value is -1.64. The van der Waals surface area contributed by atoms with E-state index in [-0.39, 0.29) is 7.43 Å². The molecule has 0 aliphatic heterocycles. The molecule has 4 aromatic carbocycles. The number of halogens is 2. The molecule has 0 aromatic heterocycles. The van der Waals surface area contributed by atoms with Gasteiger partial charge in [-0.05, 0) is 58.1 Å². The van der Waals surface area contributed by atoms with Crippen molar-refractivity contribution < 1.29 is 0 Å². The Labute approximate surface area is 173 Å². The Kier molecular flexibility index (Phi) is 7.43. The summed E-state index contributed by atoms with van der Waals surface area (Å²) in [5, 5.41) is 5.28. The second-order valence-corrected chi connectivity index (χ2v) is 7.72. The van der Waals surface area contributed by atoms with Crippen LogP contribution >= 0.6 is 31.9 Å². The summed E-state index contributed by atoms with van der Waals surface area (Å²) in [4.78, 5) is 0. The first kappa shape index (κ1) is 20.7. The lowest BCUT2D eigenvalue weighted by Gasteiger charge is -2.05. The molecule has 0 radical (unpaired) electrons. The minimum absolute atomic E-state index is 0. The van der Waals surface area contributed by atoms with E-state index in [4.69, 9.17) is 0 Å². The molecule has 0 nitrogen and oxygen atoms in total. The van der Waals surface area contributed by atoms with Crippen molar-refractivity contribution in [1.29, 1.82) is 0 Å². The molecule has 4 rings (SSSR count). The van der Waals surface area contributed by atoms with E-state index < -0.39 is 0 Å². The summed E-state index contributed by atoms with van der Waals surface area (Å²) in [6.45, 7) is 4.32. The number of hydrogen-bond acceptors (Lipinski definition) is 0. The second-order valence-electron chi connectivity index (χ2n) is 6.02. The highest BCUT2D eigenvalue weighted by Crippen LogP contribution is 2.27. The first-order valence-electron chi connectivity index (χ1n) is 8.41. The van der Waals surface area contributed by atoms with Gasteiger partial charge in [-0.1, -0.05) is 107 Å². The van der Waals surface area contributed by atoms with Crippen LogP contribution in [0.25, 0.3) is 21.5 Å². The maximum atomic E-state index is 3.56. The molecule has 2 heteroatoms. The monoisotopic (exact) mass is 470 g/mol. The highest BCUT2D eigenvalue weighted by molar-refractivity contribution is 9.11. The Morgan fingerprint density at radius 2 is 1.08 bits per heavy atom. The molecular formula is C24H24Br2. The third-order valence-corrected chi connectivity index (χ3v) is 5.81. The molecular weight excluding hydrogens is 448 g/mol. The largest absolute Gasteiger partial charge is 0.0776 e. The first-order chi connectivity index (χ1) is 12.1. The fraction of sp³-hybridized carbons (Fsp3) is 0.167. The summed E-state index contributed by atoms with van der Waals surface area (Å²) in [6, 6.07) is 25.5. The van der Waals surface area contributed by atoms with Crippen LogP contribution in [0.15, 0.2) is 81.7 Å². The van der Waals surface area contributed by atoms with Gasteiger partial charge in [0.15, 0.2) is 0 Å². The summed E-state index contributed by atoms with van der Waals surface area (Å²) < 4.78 is 2.35. The number of aryl methyl sites for hydroxylation is 2. The predicted octanol–water partition coefficient (Wildman–Crippen LogP) is 8.71. The van der Waals surface area contributed by atoms with E-state index in [2.05, 4.69) is 119 Å². The molecule has 0 aliphatic carbocycles. The molecule has 0 unspecified atom stereocenters. The van der Waals surface area contributed by atoms with Crippen LogP contribution in [0.5, 0.6) is 0 Å². The number of benzene rings is 4. The Bertz CT molecular complexity index is 978. The quantitative estimate of drug-likeness (QED) is 0.260. The van der Waals surface area contributed by atoms with Crippen molar-refractivity contribution in [3.63, 3.8) is 0 Å². The van der Waals surface area contributed by atoms with E-state index in [1.807, 2.05) is 0 Å². The molecule has 134 valence electrons. The predicted molar refractivity (Wildman–Crippen MR) is 124 cm³/mol. The van der Waals surface area contributed by atoms with E-state index in [0.29, 0.717) is 0 Å². The molecule has 0 heterocycles. The van der Waals surface area contributed by atoms with Crippen LogP contribution in [0, 0.1) is 6.92 Å². The lowest BCUT2D eigenvalue weighted by molar-refractivity contribution is 1.16. The van der Waals surface area contributed by atoms with Gasteiger partial charge in [0.25, 0.3) is 0 Å². The van der Waals surface area contributed by atoms with Crippen molar-refractivity contribution in [1.82, 2.24) is 0 Å². The summed E-state index contributed by atoms with van der Waals surface area (Å²) >= 11 is 7.09. The molecule has 0 N–H and O–H groups in total. The molecule has 4 aromatic rings. The Morgan fingerprint density at radius 1 is 0.615 bits per heavy atom. The topological polar surface area (TPSA) is 0 Å². The summed E-state index contributed by atoms with van der Waals surface area (Å²) in [6.07, 6.45) is 1.09. The number of rotatable bonds is 1. The maximum absolute atomic E-state index is 3.56. The van der Waals surface area contributed by atoms with Gasteiger partial charge in [-0.25, -0.2) is 0 Å². The fourth-order valence-corrected chi connectivity index (χ4v) is 4.00. The van der Waals surface area contributed by atoms with E-state index in [0.717, 1.165) is 6.42 Å². The minimum Gasteiger partial charge on any atom is -0.0776 e. The van der Waals surface area contributed by atoms with E-state index in [1.54, 1.807) is 0 Å². The van der Waals surface area contributed by atoms with Gasteiger partial charge >= 0.3 is 0 Å². The fourth-order valence-electron chi connectivity index (χ4n) is 3.05. The zero-order valence-electron chi connectivity index (χ0n) is 14.4. The second kappa shape index (κ2) is 9.34. The van der Waals surface area contributed by atoms with Crippen molar-refractivity contribution in [2.24, 2.45) is 0 Å². The van der Waals surface area contributed by atoms with Crippen LogP contribution in [-0.2, 0) is 6.42 Å². The molecule has 0 saturated heterocycles. The Morgan fingerprint density at radius 3 is 1.62 bits per heavy atom. The lowest BCUT2D eigenvalue weighted by Crippen LogP contribution is -1.83. The van der Waals surface area contributed by atoms with Gasteiger partial charge in [-0.15, -0.1) is 0 Å². The van der Waals surface area contributed by atoms with Crippen LogP contribution in [0.4, 0.5) is 0 Å². The Balaban J connectivity index is 0.000000180. The van der Waals surface area contributed by atoms with E-state index >= 15 is 0 Å². The van der Waals surface area contributed by atoms with Crippen molar-refractivity contribution in [3.05, 3.63) is 92.9 Å². The van der Waals surface area contributed by atoms with Gasteiger partial charge in [-0.2, -0.15) is 0 Å². The molecule has 0 bridgehead atoms. The molecule has 0 aliphatic rings. The highest BCUT2D eigenvalue weighted by Gasteiger charge is 2.01. The van der Waals surface area contributed by atoms with Crippen LogP contribution in [0.1, 0.15) is 25.5 Å². The van der Waals surface area contributed by atoms with Gasteiger partial charge < -0.3 is 0 Å². The average Bonchev–Trinajstić information content (AvgIpc) is 2.66. The number of hydrogen-bond donors (Lipinski definition) is 0. The van der Waals surface area contributed by atoms with Crippen molar-refractivity contribution in [2.75, 3.05) is 0 Å². The van der Waals surface area contributed by atoms with Gasteiger partial charge in [0, 0.05) is 8.95 Å². The first-order valence-corrected chi connectivity index (χ1v) is 10.0. The summed E-state index contributed by atoms with van der Waals surface area (Å²) in [7, 11) is 0. The average molecular weight is 472 g/mol. The zero-order valence-corrected chi connectivity index (χ0v) is 17.6.